The molecule has 2 aromatic heterocycles. The van der Waals surface area contributed by atoms with Crippen molar-refractivity contribution in [1.29, 1.82) is 0 Å². The minimum atomic E-state index is -0.460. The maximum absolute atomic E-state index is 11.7. The van der Waals surface area contributed by atoms with Gasteiger partial charge in [0.15, 0.2) is 11.5 Å². The molecule has 3 rings (SSSR count). The quantitative estimate of drug-likeness (QED) is 0.363. The maximum atomic E-state index is 11.7. The van der Waals surface area contributed by atoms with Gasteiger partial charge in [0.2, 0.25) is 5.28 Å². The summed E-state index contributed by atoms with van der Waals surface area (Å²) in [5, 5.41) is 2.77. The Morgan fingerprint density at radius 1 is 1.33 bits per heavy atom. The molecular formula is C17H18BClN6O2. The predicted octanol–water partition coefficient (Wildman–Crippen LogP) is 1.56. The Hall–Kier alpha value is -2.81. The molecule has 3 aromatic rings. The lowest BCUT2D eigenvalue weighted by atomic mass is 9.94. The van der Waals surface area contributed by atoms with E-state index in [1.54, 1.807) is 18.5 Å². The number of benzene rings is 1. The van der Waals surface area contributed by atoms with Crippen molar-refractivity contribution >= 4 is 48.0 Å². The molecule has 0 spiro atoms. The van der Waals surface area contributed by atoms with Crippen molar-refractivity contribution in [2.45, 2.75) is 25.9 Å². The van der Waals surface area contributed by atoms with Crippen molar-refractivity contribution < 1.29 is 9.53 Å². The fourth-order valence-electron chi connectivity index (χ4n) is 2.58. The summed E-state index contributed by atoms with van der Waals surface area (Å²) in [7, 11) is 5.70. The molecule has 1 amide bonds. The minimum absolute atomic E-state index is 0.0851. The molecule has 1 aromatic carbocycles. The molecule has 2 heterocycles. The van der Waals surface area contributed by atoms with E-state index in [9.17, 15) is 4.79 Å². The van der Waals surface area contributed by atoms with E-state index in [2.05, 4.69) is 20.3 Å². The Morgan fingerprint density at radius 3 is 3.00 bits per heavy atom. The van der Waals surface area contributed by atoms with E-state index < -0.39 is 6.09 Å². The van der Waals surface area contributed by atoms with Crippen LogP contribution in [0.25, 0.3) is 11.2 Å². The summed E-state index contributed by atoms with van der Waals surface area (Å²) >= 11 is 5.84. The number of aryl methyl sites for hydroxylation is 1. The summed E-state index contributed by atoms with van der Waals surface area (Å²) < 4.78 is 7.01. The van der Waals surface area contributed by atoms with Crippen LogP contribution in [0.3, 0.4) is 0 Å². The molecule has 10 heteroatoms. The van der Waals surface area contributed by atoms with Gasteiger partial charge in [-0.15, -0.1) is 0 Å². The molecule has 0 fully saturated rings. The van der Waals surface area contributed by atoms with Crippen LogP contribution >= 0.6 is 11.6 Å². The lowest BCUT2D eigenvalue weighted by Gasteiger charge is -2.08. The Morgan fingerprint density at radius 2 is 2.19 bits per heavy atom. The van der Waals surface area contributed by atoms with E-state index in [0.717, 1.165) is 12.0 Å². The number of imidazole rings is 1. The number of nitrogens with one attached hydrogen (secondary N) is 1. The number of hydrogen-bond acceptors (Lipinski definition) is 6. The van der Waals surface area contributed by atoms with Gasteiger partial charge in [0.1, 0.15) is 13.4 Å². The van der Waals surface area contributed by atoms with Gasteiger partial charge in [0, 0.05) is 13.1 Å². The van der Waals surface area contributed by atoms with Gasteiger partial charge in [-0.3, -0.25) is 0 Å². The fraction of sp³-hybridized carbons (Fsp3) is 0.294. The zero-order valence-electron chi connectivity index (χ0n) is 14.6. The van der Waals surface area contributed by atoms with Crippen LogP contribution in [0.1, 0.15) is 18.4 Å². The number of carbonyl (C=O) groups excluding carboxylic acids is 1. The SMILES string of the molecule is [B]c1cccc(CNC(=O)OCCCCn2cnc3c(N)nc(Cl)nc32)c1. The second-order valence-corrected chi connectivity index (χ2v) is 6.27. The summed E-state index contributed by atoms with van der Waals surface area (Å²) in [4.78, 5) is 23.9. The molecule has 3 N–H and O–H groups in total. The standard InChI is InChI=1S/C17H18BClN6O2/c18-12-5-3-4-11(8-12)9-21-17(26)27-7-2-1-6-25-10-22-13-14(20)23-16(19)24-15(13)25/h3-5,8,10H,1-2,6-7,9H2,(H,21,26)(H2,20,23,24). The number of hydrogen-bond donors (Lipinski definition) is 2. The lowest BCUT2D eigenvalue weighted by molar-refractivity contribution is 0.143. The lowest BCUT2D eigenvalue weighted by Crippen LogP contribution is -2.24. The van der Waals surface area contributed by atoms with Gasteiger partial charge in [-0.1, -0.05) is 29.7 Å². The Bertz CT molecular complexity index is 948. The zero-order chi connectivity index (χ0) is 19.2. The van der Waals surface area contributed by atoms with E-state index in [-0.39, 0.29) is 11.1 Å². The van der Waals surface area contributed by atoms with Crippen molar-refractivity contribution in [2.24, 2.45) is 0 Å². The van der Waals surface area contributed by atoms with Crippen molar-refractivity contribution in [1.82, 2.24) is 24.8 Å². The summed E-state index contributed by atoms with van der Waals surface area (Å²) in [6, 6.07) is 7.32. The molecular weight excluding hydrogens is 366 g/mol. The normalized spacial score (nSPS) is 10.9. The van der Waals surface area contributed by atoms with Gasteiger partial charge in [-0.2, -0.15) is 9.97 Å². The van der Waals surface area contributed by atoms with Crippen molar-refractivity contribution in [2.75, 3.05) is 12.3 Å². The molecule has 2 radical (unpaired) electrons. The van der Waals surface area contributed by atoms with Gasteiger partial charge >= 0.3 is 6.09 Å². The Labute approximate surface area is 162 Å². The predicted molar refractivity (Wildman–Crippen MR) is 104 cm³/mol. The highest BCUT2D eigenvalue weighted by molar-refractivity contribution is 6.32. The second-order valence-electron chi connectivity index (χ2n) is 5.93. The van der Waals surface area contributed by atoms with Gasteiger partial charge in [0.25, 0.3) is 0 Å². The number of carbonyl (C=O) groups is 1. The van der Waals surface area contributed by atoms with Crippen LogP contribution in [0, 0.1) is 0 Å². The van der Waals surface area contributed by atoms with Crippen molar-refractivity contribution in [3.8, 4) is 0 Å². The summed E-state index contributed by atoms with van der Waals surface area (Å²) in [6.45, 7) is 1.33. The van der Waals surface area contributed by atoms with Crippen LogP contribution in [0.2, 0.25) is 5.28 Å². The number of rotatable bonds is 7. The van der Waals surface area contributed by atoms with Crippen LogP contribution < -0.4 is 16.5 Å². The number of aromatic nitrogens is 4. The molecule has 0 saturated heterocycles. The number of unbranched alkanes of at least 4 members (excludes halogenated alkanes) is 1. The number of ether oxygens (including phenoxy) is 1. The number of nitrogens with two attached hydrogens (primary N) is 1. The van der Waals surface area contributed by atoms with Crippen LogP contribution in [0.4, 0.5) is 10.6 Å². The van der Waals surface area contributed by atoms with E-state index >= 15 is 0 Å². The number of halogens is 1. The smallest absolute Gasteiger partial charge is 0.407 e. The van der Waals surface area contributed by atoms with Gasteiger partial charge in [0.05, 0.1) is 12.9 Å². The average Bonchev–Trinajstić information content (AvgIpc) is 3.03. The minimum Gasteiger partial charge on any atom is -0.450 e. The first kappa shape index (κ1) is 19.0. The summed E-state index contributed by atoms with van der Waals surface area (Å²) in [5.41, 5.74) is 8.46. The molecule has 8 nitrogen and oxygen atoms in total. The summed E-state index contributed by atoms with van der Waals surface area (Å²) in [6.07, 6.45) is 2.65. The molecule has 0 atom stereocenters. The molecule has 0 saturated carbocycles. The van der Waals surface area contributed by atoms with Gasteiger partial charge in [-0.05, 0) is 30.0 Å². The number of amides is 1. The largest absolute Gasteiger partial charge is 0.450 e. The fourth-order valence-corrected chi connectivity index (χ4v) is 2.75. The topological polar surface area (TPSA) is 108 Å². The van der Waals surface area contributed by atoms with Gasteiger partial charge in [-0.25, -0.2) is 9.78 Å². The average molecular weight is 385 g/mol. The number of fused-ring (bicyclic) bond motifs is 1. The number of nitrogens with zero attached hydrogens (tertiary/aromatic N) is 4. The van der Waals surface area contributed by atoms with Crippen molar-refractivity contribution in [3.63, 3.8) is 0 Å². The van der Waals surface area contributed by atoms with E-state index in [4.69, 9.17) is 29.9 Å². The van der Waals surface area contributed by atoms with E-state index in [1.165, 1.54) is 0 Å². The first-order valence-corrected chi connectivity index (χ1v) is 8.79. The van der Waals surface area contributed by atoms with Crippen LogP contribution in [-0.2, 0) is 17.8 Å². The molecule has 138 valence electrons. The molecule has 0 aliphatic carbocycles. The highest BCUT2D eigenvalue weighted by Gasteiger charge is 2.10. The highest BCUT2D eigenvalue weighted by Crippen LogP contribution is 2.18. The van der Waals surface area contributed by atoms with E-state index in [1.807, 2.05) is 16.7 Å². The first-order chi connectivity index (χ1) is 13.0. The van der Waals surface area contributed by atoms with E-state index in [0.29, 0.717) is 42.7 Å². The number of nitrogen functional groups attached to an aromatic ring is 1. The Kier molecular flexibility index (Phi) is 6.13. The monoisotopic (exact) mass is 384 g/mol. The molecule has 0 aliphatic heterocycles. The van der Waals surface area contributed by atoms with Crippen molar-refractivity contribution in [3.05, 3.63) is 41.4 Å². The Balaban J connectivity index is 1.39. The second kappa shape index (κ2) is 8.72. The molecule has 27 heavy (non-hydrogen) atoms. The van der Waals surface area contributed by atoms with Crippen LogP contribution in [0.15, 0.2) is 30.6 Å². The first-order valence-electron chi connectivity index (χ1n) is 8.42. The van der Waals surface area contributed by atoms with Crippen LogP contribution in [0.5, 0.6) is 0 Å². The molecule has 0 bridgehead atoms. The number of alkyl carbamates (subject to hydrolysis) is 1. The maximum Gasteiger partial charge on any atom is 0.407 e. The van der Waals surface area contributed by atoms with Crippen LogP contribution in [-0.4, -0.2) is 40.1 Å². The summed E-state index contributed by atoms with van der Waals surface area (Å²) in [5.74, 6) is 0.254. The highest BCUT2D eigenvalue weighted by atomic mass is 35.5. The third kappa shape index (κ3) is 5.10. The zero-order valence-corrected chi connectivity index (χ0v) is 15.3. The third-order valence-electron chi connectivity index (χ3n) is 3.88. The number of anilines is 1. The van der Waals surface area contributed by atoms with Gasteiger partial charge < -0.3 is 20.4 Å². The molecule has 0 unspecified atom stereocenters. The third-order valence-corrected chi connectivity index (χ3v) is 4.05. The molecule has 0 aliphatic rings.